The fraction of sp³-hybridized carbons (Fsp3) is 0.250. The summed E-state index contributed by atoms with van der Waals surface area (Å²) in [5.74, 6) is 0.125. The van der Waals surface area contributed by atoms with Crippen LogP contribution in [0.3, 0.4) is 0 Å². The smallest absolute Gasteiger partial charge is 0.231 e. The van der Waals surface area contributed by atoms with Crippen molar-refractivity contribution in [2.45, 2.75) is 25.3 Å². The zero-order chi connectivity index (χ0) is 18.9. The third-order valence-electron chi connectivity index (χ3n) is 4.65. The fourth-order valence-electron chi connectivity index (χ4n) is 3.01. The Bertz CT molecular complexity index is 892. The van der Waals surface area contributed by atoms with Crippen LogP contribution in [0.5, 0.6) is 0 Å². The second kappa shape index (κ2) is 6.92. The lowest BCUT2D eigenvalue weighted by molar-refractivity contribution is -0.128. The molecule has 0 radical (unpaired) electrons. The van der Waals surface area contributed by atoms with Crippen LogP contribution >= 0.6 is 11.6 Å². The van der Waals surface area contributed by atoms with Gasteiger partial charge in [0, 0.05) is 24.1 Å². The van der Waals surface area contributed by atoms with E-state index in [1.54, 1.807) is 31.3 Å². The first-order chi connectivity index (χ1) is 12.3. The number of benzene rings is 2. The van der Waals surface area contributed by atoms with E-state index < -0.39 is 5.54 Å². The zero-order valence-electron chi connectivity index (χ0n) is 14.7. The third kappa shape index (κ3) is 3.63. The van der Waals surface area contributed by atoms with Gasteiger partial charge in [0.1, 0.15) is 0 Å². The Morgan fingerprint density at radius 1 is 1.27 bits per heavy atom. The molecule has 0 saturated heterocycles. The molecule has 0 fully saturated rings. The van der Waals surface area contributed by atoms with Crippen molar-refractivity contribution in [3.05, 3.63) is 70.2 Å². The van der Waals surface area contributed by atoms with Gasteiger partial charge in [-0.1, -0.05) is 35.9 Å². The largest absolute Gasteiger partial charge is 0.369 e. The van der Waals surface area contributed by atoms with Crippen molar-refractivity contribution >= 4 is 29.3 Å². The van der Waals surface area contributed by atoms with Gasteiger partial charge in [0.15, 0.2) is 11.7 Å². The van der Waals surface area contributed by atoms with E-state index in [0.717, 1.165) is 11.1 Å². The van der Waals surface area contributed by atoms with E-state index in [0.29, 0.717) is 10.6 Å². The molecule has 26 heavy (non-hydrogen) atoms. The molecule has 0 saturated carbocycles. The fourth-order valence-corrected chi connectivity index (χ4v) is 3.14. The first-order valence-corrected chi connectivity index (χ1v) is 8.66. The number of rotatable bonds is 4. The second-order valence-corrected chi connectivity index (χ2v) is 7.12. The molecule has 2 aromatic carbocycles. The number of halogens is 1. The number of aliphatic imine (C=N–C) groups is 1. The van der Waals surface area contributed by atoms with Crippen LogP contribution in [0, 0.1) is 0 Å². The third-order valence-corrected chi connectivity index (χ3v) is 4.91. The van der Waals surface area contributed by atoms with Crippen LogP contribution < -0.4 is 5.73 Å². The lowest BCUT2D eigenvalue weighted by Gasteiger charge is -2.33. The molecule has 0 aliphatic carbocycles. The molecular weight excluding hydrogens is 350 g/mol. The molecule has 1 unspecified atom stereocenters. The molecule has 1 atom stereocenters. The van der Waals surface area contributed by atoms with Crippen molar-refractivity contribution in [2.75, 3.05) is 7.05 Å². The van der Waals surface area contributed by atoms with Gasteiger partial charge in [-0.2, -0.15) is 0 Å². The van der Waals surface area contributed by atoms with Crippen LogP contribution in [-0.2, 0) is 16.8 Å². The quantitative estimate of drug-likeness (QED) is 0.841. The van der Waals surface area contributed by atoms with E-state index in [1.165, 1.54) is 4.90 Å². The Balaban J connectivity index is 1.85. The minimum Gasteiger partial charge on any atom is -0.369 e. The molecule has 2 N–H and O–H groups in total. The molecule has 1 amide bonds. The lowest BCUT2D eigenvalue weighted by Crippen LogP contribution is -2.47. The molecule has 1 heterocycles. The standard InChI is InChI=1S/C20H20ClN3O2/c1-20(12-18(26)24(2)19(22)23-20)15-5-3-4-13(10-15)11-17(25)14-6-8-16(21)9-7-14/h3-10H,11-12H2,1-2H3,(H2,22,23). The number of hydrogen-bond acceptors (Lipinski definition) is 4. The molecule has 1 aliphatic rings. The molecule has 3 rings (SSSR count). The van der Waals surface area contributed by atoms with Gasteiger partial charge in [-0.15, -0.1) is 0 Å². The van der Waals surface area contributed by atoms with Gasteiger partial charge in [-0.25, -0.2) is 4.99 Å². The highest BCUT2D eigenvalue weighted by molar-refractivity contribution is 6.30. The average Bonchev–Trinajstić information content (AvgIpc) is 2.60. The van der Waals surface area contributed by atoms with Crippen LogP contribution in [0.4, 0.5) is 0 Å². The van der Waals surface area contributed by atoms with Crippen LogP contribution in [0.2, 0.25) is 5.02 Å². The van der Waals surface area contributed by atoms with Gasteiger partial charge < -0.3 is 5.73 Å². The average molecular weight is 370 g/mol. The number of nitrogens with zero attached hydrogens (tertiary/aromatic N) is 2. The van der Waals surface area contributed by atoms with E-state index in [4.69, 9.17) is 17.3 Å². The predicted octanol–water partition coefficient (Wildman–Crippen LogP) is 3.16. The molecule has 0 aromatic heterocycles. The monoisotopic (exact) mass is 369 g/mol. The maximum atomic E-state index is 12.5. The molecule has 1 aliphatic heterocycles. The Hall–Kier alpha value is -2.66. The van der Waals surface area contributed by atoms with Gasteiger partial charge in [-0.3, -0.25) is 14.5 Å². The number of ketones is 1. The molecule has 6 heteroatoms. The summed E-state index contributed by atoms with van der Waals surface area (Å²) in [5, 5.41) is 0.596. The summed E-state index contributed by atoms with van der Waals surface area (Å²) in [6.07, 6.45) is 0.497. The van der Waals surface area contributed by atoms with Crippen molar-refractivity contribution in [3.63, 3.8) is 0 Å². The van der Waals surface area contributed by atoms with Crippen molar-refractivity contribution in [2.24, 2.45) is 10.7 Å². The summed E-state index contributed by atoms with van der Waals surface area (Å²) in [5.41, 5.74) is 7.49. The molecule has 5 nitrogen and oxygen atoms in total. The minimum atomic E-state index is -0.729. The first kappa shape index (κ1) is 18.1. The van der Waals surface area contributed by atoms with E-state index >= 15 is 0 Å². The summed E-state index contributed by atoms with van der Waals surface area (Å²) in [4.78, 5) is 30.5. The number of carbonyl (C=O) groups excluding carboxylic acids is 2. The molecule has 134 valence electrons. The van der Waals surface area contributed by atoms with Crippen LogP contribution in [-0.4, -0.2) is 29.6 Å². The van der Waals surface area contributed by atoms with E-state index in [9.17, 15) is 9.59 Å². The number of guanidine groups is 1. The Labute approximate surface area is 157 Å². The highest BCUT2D eigenvalue weighted by Crippen LogP contribution is 2.33. The van der Waals surface area contributed by atoms with Gasteiger partial charge in [0.05, 0.1) is 12.0 Å². The Morgan fingerprint density at radius 2 is 1.96 bits per heavy atom. The normalized spacial score (nSPS) is 20.0. The molecular formula is C20H20ClN3O2. The van der Waals surface area contributed by atoms with Gasteiger partial charge in [0.2, 0.25) is 5.91 Å². The molecule has 0 bridgehead atoms. The number of amides is 1. The summed E-state index contributed by atoms with van der Waals surface area (Å²) >= 11 is 5.87. The SMILES string of the molecule is CN1C(=O)CC(C)(c2cccc(CC(=O)c3ccc(Cl)cc3)c2)N=C1N. The summed E-state index contributed by atoms with van der Waals surface area (Å²) < 4.78 is 0. The van der Waals surface area contributed by atoms with Crippen LogP contribution in [0.1, 0.15) is 34.8 Å². The minimum absolute atomic E-state index is 0.00596. The van der Waals surface area contributed by atoms with Gasteiger partial charge in [-0.05, 0) is 42.3 Å². The maximum Gasteiger partial charge on any atom is 0.231 e. The van der Waals surface area contributed by atoms with Crippen molar-refractivity contribution in [1.82, 2.24) is 4.90 Å². The van der Waals surface area contributed by atoms with E-state index in [2.05, 4.69) is 4.99 Å². The van der Waals surface area contributed by atoms with Crippen molar-refractivity contribution in [1.29, 1.82) is 0 Å². The predicted molar refractivity (Wildman–Crippen MR) is 102 cm³/mol. The van der Waals surface area contributed by atoms with E-state index in [-0.39, 0.29) is 30.5 Å². The van der Waals surface area contributed by atoms with Crippen LogP contribution in [0.15, 0.2) is 53.5 Å². The number of nitrogens with two attached hydrogens (primary N) is 1. The Kier molecular flexibility index (Phi) is 4.83. The summed E-state index contributed by atoms with van der Waals surface area (Å²) in [7, 11) is 1.61. The number of carbonyl (C=O) groups is 2. The second-order valence-electron chi connectivity index (χ2n) is 6.68. The molecule has 2 aromatic rings. The number of Topliss-reactive ketones (excluding diaryl/α,β-unsaturated/α-hetero) is 1. The summed E-state index contributed by atoms with van der Waals surface area (Å²) in [6, 6.07) is 14.4. The van der Waals surface area contributed by atoms with Crippen molar-refractivity contribution < 1.29 is 9.59 Å². The lowest BCUT2D eigenvalue weighted by atomic mass is 9.86. The first-order valence-electron chi connectivity index (χ1n) is 8.28. The number of hydrogen-bond donors (Lipinski definition) is 1. The highest BCUT2D eigenvalue weighted by atomic mass is 35.5. The summed E-state index contributed by atoms with van der Waals surface area (Å²) in [6.45, 7) is 1.88. The van der Waals surface area contributed by atoms with Gasteiger partial charge >= 0.3 is 0 Å². The van der Waals surface area contributed by atoms with Gasteiger partial charge in [0.25, 0.3) is 0 Å². The molecule has 0 spiro atoms. The highest BCUT2D eigenvalue weighted by Gasteiger charge is 2.36. The zero-order valence-corrected chi connectivity index (χ0v) is 15.5. The van der Waals surface area contributed by atoms with Crippen LogP contribution in [0.25, 0.3) is 0 Å². The topological polar surface area (TPSA) is 75.8 Å². The van der Waals surface area contributed by atoms with Crippen molar-refractivity contribution in [3.8, 4) is 0 Å². The Morgan fingerprint density at radius 3 is 2.62 bits per heavy atom. The maximum absolute atomic E-state index is 12.5. The van der Waals surface area contributed by atoms with E-state index in [1.807, 2.05) is 31.2 Å².